The van der Waals surface area contributed by atoms with Gasteiger partial charge in [0.25, 0.3) is 0 Å². The molecule has 1 fully saturated rings. The Balaban J connectivity index is 1.94. The second-order valence-electron chi connectivity index (χ2n) is 6.71. The Hall–Kier alpha value is -1.15. The molecule has 1 aliphatic rings. The molecule has 6 nitrogen and oxygen atoms in total. The largest absolute Gasteiger partial charge is 0.354 e. The molecular weight excluding hydrogens is 362 g/mol. The maximum absolute atomic E-state index is 12.7. The van der Waals surface area contributed by atoms with Gasteiger partial charge in [-0.15, -0.1) is 0 Å². The van der Waals surface area contributed by atoms with Crippen LogP contribution in [-0.4, -0.2) is 62.3 Å². The van der Waals surface area contributed by atoms with Crippen molar-refractivity contribution >= 4 is 27.5 Å². The summed E-state index contributed by atoms with van der Waals surface area (Å²) in [5.74, 6) is 0.389. The van der Waals surface area contributed by atoms with Gasteiger partial charge in [-0.05, 0) is 37.1 Å². The molecule has 1 atom stereocenters. The van der Waals surface area contributed by atoms with E-state index in [0.29, 0.717) is 43.7 Å². The van der Waals surface area contributed by atoms with Crippen LogP contribution in [0.15, 0.2) is 29.2 Å². The molecule has 1 aliphatic heterocycles. The molecule has 1 amide bonds. The Morgan fingerprint density at radius 1 is 1.12 bits per heavy atom. The molecule has 1 heterocycles. The standard InChI is InChI=1S/C17H26ClN3O3S/c1-13(2)12-19-17(22)14(3)20-8-10-21(11-9-20)25(23,24)16-6-4-15(18)5-7-16/h4-7,13-14H,8-12H2,1-3H3,(H,19,22)/t14-/m1/s1. The number of halogens is 1. The van der Waals surface area contributed by atoms with E-state index in [4.69, 9.17) is 11.6 Å². The quantitative estimate of drug-likeness (QED) is 0.808. The molecule has 2 rings (SSSR count). The Morgan fingerprint density at radius 2 is 1.68 bits per heavy atom. The molecule has 0 radical (unpaired) electrons. The van der Waals surface area contributed by atoms with E-state index in [-0.39, 0.29) is 16.8 Å². The lowest BCUT2D eigenvalue weighted by Gasteiger charge is -2.36. The Bertz CT molecular complexity index is 684. The summed E-state index contributed by atoms with van der Waals surface area (Å²) in [6.45, 7) is 8.40. The van der Waals surface area contributed by atoms with Gasteiger partial charge >= 0.3 is 0 Å². The van der Waals surface area contributed by atoms with Crippen LogP contribution in [0.5, 0.6) is 0 Å². The van der Waals surface area contributed by atoms with Crippen LogP contribution in [0.2, 0.25) is 5.02 Å². The van der Waals surface area contributed by atoms with Crippen molar-refractivity contribution in [1.29, 1.82) is 0 Å². The fraction of sp³-hybridized carbons (Fsp3) is 0.588. The third-order valence-corrected chi connectivity index (χ3v) is 6.50. The molecular formula is C17H26ClN3O3S. The molecule has 1 N–H and O–H groups in total. The zero-order valence-corrected chi connectivity index (χ0v) is 16.5. The zero-order valence-electron chi connectivity index (χ0n) is 14.9. The molecule has 0 spiro atoms. The average molecular weight is 388 g/mol. The highest BCUT2D eigenvalue weighted by molar-refractivity contribution is 7.89. The highest BCUT2D eigenvalue weighted by Crippen LogP contribution is 2.20. The molecule has 1 saturated heterocycles. The minimum absolute atomic E-state index is 0.0114. The van der Waals surface area contributed by atoms with Crippen LogP contribution in [0.1, 0.15) is 20.8 Å². The number of carbonyl (C=O) groups is 1. The summed E-state index contributed by atoms with van der Waals surface area (Å²) >= 11 is 5.82. The van der Waals surface area contributed by atoms with Crippen LogP contribution in [0.25, 0.3) is 0 Å². The lowest BCUT2D eigenvalue weighted by atomic mass is 10.2. The van der Waals surface area contributed by atoms with Gasteiger partial charge in [-0.3, -0.25) is 9.69 Å². The first kappa shape index (κ1) is 20.2. The smallest absolute Gasteiger partial charge is 0.243 e. The van der Waals surface area contributed by atoms with E-state index in [1.54, 1.807) is 12.1 Å². The third kappa shape index (κ3) is 5.17. The predicted octanol–water partition coefficient (Wildman–Crippen LogP) is 1.81. The Labute approximate surface area is 155 Å². The van der Waals surface area contributed by atoms with Crippen LogP contribution in [-0.2, 0) is 14.8 Å². The summed E-state index contributed by atoms with van der Waals surface area (Å²) in [7, 11) is -3.52. The third-order valence-electron chi connectivity index (χ3n) is 4.34. The molecule has 0 unspecified atom stereocenters. The fourth-order valence-electron chi connectivity index (χ4n) is 2.71. The molecule has 0 aliphatic carbocycles. The van der Waals surface area contributed by atoms with E-state index in [2.05, 4.69) is 5.32 Å². The van der Waals surface area contributed by atoms with Gasteiger partial charge in [0.05, 0.1) is 10.9 Å². The van der Waals surface area contributed by atoms with Crippen LogP contribution >= 0.6 is 11.6 Å². The summed E-state index contributed by atoms with van der Waals surface area (Å²) < 4.78 is 26.8. The number of hydrogen-bond acceptors (Lipinski definition) is 4. The van der Waals surface area contributed by atoms with Gasteiger partial charge in [-0.2, -0.15) is 4.31 Å². The van der Waals surface area contributed by atoms with Crippen molar-refractivity contribution in [1.82, 2.24) is 14.5 Å². The Kier molecular flexibility index (Phi) is 6.85. The first-order valence-corrected chi connectivity index (χ1v) is 10.3. The minimum atomic E-state index is -3.52. The van der Waals surface area contributed by atoms with E-state index >= 15 is 0 Å². The number of amides is 1. The number of nitrogens with zero attached hydrogens (tertiary/aromatic N) is 2. The van der Waals surface area contributed by atoms with E-state index in [1.165, 1.54) is 16.4 Å². The highest BCUT2D eigenvalue weighted by Gasteiger charge is 2.31. The molecule has 1 aromatic carbocycles. The number of sulfonamides is 1. The first-order valence-electron chi connectivity index (χ1n) is 8.49. The molecule has 0 bridgehead atoms. The molecule has 1 aromatic rings. The summed E-state index contributed by atoms with van der Waals surface area (Å²) in [6, 6.07) is 5.93. The normalized spacial score (nSPS) is 18.3. The molecule has 140 valence electrons. The summed E-state index contributed by atoms with van der Waals surface area (Å²) in [6.07, 6.45) is 0. The van der Waals surface area contributed by atoms with Gasteiger partial charge in [0, 0.05) is 37.7 Å². The van der Waals surface area contributed by atoms with Gasteiger partial charge in [0.15, 0.2) is 0 Å². The van der Waals surface area contributed by atoms with Crippen molar-refractivity contribution in [3.05, 3.63) is 29.3 Å². The van der Waals surface area contributed by atoms with E-state index in [0.717, 1.165) is 0 Å². The van der Waals surface area contributed by atoms with Gasteiger partial charge in [-0.1, -0.05) is 25.4 Å². The van der Waals surface area contributed by atoms with Crippen molar-refractivity contribution in [3.63, 3.8) is 0 Å². The summed E-state index contributed by atoms with van der Waals surface area (Å²) in [5.41, 5.74) is 0. The van der Waals surface area contributed by atoms with Gasteiger partial charge < -0.3 is 5.32 Å². The number of rotatable bonds is 6. The molecule has 0 saturated carbocycles. The van der Waals surface area contributed by atoms with Gasteiger partial charge in [-0.25, -0.2) is 8.42 Å². The molecule has 8 heteroatoms. The van der Waals surface area contributed by atoms with Crippen molar-refractivity contribution < 1.29 is 13.2 Å². The van der Waals surface area contributed by atoms with Crippen molar-refractivity contribution in [2.45, 2.75) is 31.7 Å². The molecule has 0 aromatic heterocycles. The van der Waals surface area contributed by atoms with Gasteiger partial charge in [0.2, 0.25) is 15.9 Å². The maximum Gasteiger partial charge on any atom is 0.243 e. The SMILES string of the molecule is CC(C)CNC(=O)[C@@H](C)N1CCN(S(=O)(=O)c2ccc(Cl)cc2)CC1. The lowest BCUT2D eigenvalue weighted by molar-refractivity contribution is -0.126. The number of piperazine rings is 1. The highest BCUT2D eigenvalue weighted by atomic mass is 35.5. The Morgan fingerprint density at radius 3 is 2.20 bits per heavy atom. The number of carbonyl (C=O) groups excluding carboxylic acids is 1. The van der Waals surface area contributed by atoms with E-state index in [1.807, 2.05) is 25.7 Å². The van der Waals surface area contributed by atoms with Crippen LogP contribution < -0.4 is 5.32 Å². The second kappa shape index (κ2) is 8.49. The minimum Gasteiger partial charge on any atom is -0.354 e. The van der Waals surface area contributed by atoms with E-state index in [9.17, 15) is 13.2 Å². The number of nitrogens with one attached hydrogen (secondary N) is 1. The number of benzene rings is 1. The van der Waals surface area contributed by atoms with Crippen LogP contribution in [0, 0.1) is 5.92 Å². The van der Waals surface area contributed by atoms with Crippen molar-refractivity contribution in [2.75, 3.05) is 32.7 Å². The van der Waals surface area contributed by atoms with Crippen LogP contribution in [0.4, 0.5) is 0 Å². The number of hydrogen-bond donors (Lipinski definition) is 1. The average Bonchev–Trinajstić information content (AvgIpc) is 2.59. The fourth-order valence-corrected chi connectivity index (χ4v) is 4.25. The topological polar surface area (TPSA) is 69.7 Å². The maximum atomic E-state index is 12.7. The van der Waals surface area contributed by atoms with Crippen molar-refractivity contribution in [3.8, 4) is 0 Å². The van der Waals surface area contributed by atoms with Crippen molar-refractivity contribution in [2.24, 2.45) is 5.92 Å². The van der Waals surface area contributed by atoms with Gasteiger partial charge in [0.1, 0.15) is 0 Å². The molecule has 25 heavy (non-hydrogen) atoms. The lowest BCUT2D eigenvalue weighted by Crippen LogP contribution is -2.55. The van der Waals surface area contributed by atoms with Crippen LogP contribution in [0.3, 0.4) is 0 Å². The summed E-state index contributed by atoms with van der Waals surface area (Å²) in [5, 5.41) is 3.43. The zero-order chi connectivity index (χ0) is 18.6. The summed E-state index contributed by atoms with van der Waals surface area (Å²) in [4.78, 5) is 14.4. The first-order chi connectivity index (χ1) is 11.7. The predicted molar refractivity (Wildman–Crippen MR) is 99.1 cm³/mol. The van der Waals surface area contributed by atoms with E-state index < -0.39 is 10.0 Å². The monoisotopic (exact) mass is 387 g/mol. The second-order valence-corrected chi connectivity index (χ2v) is 9.08.